The molecule has 41 heavy (non-hydrogen) atoms. The number of amides is 2. The van der Waals surface area contributed by atoms with Crippen molar-refractivity contribution in [2.75, 3.05) is 59.1 Å². The highest BCUT2D eigenvalue weighted by Crippen LogP contribution is 2.37. The number of hydrogen-bond donors (Lipinski definition) is 3. The van der Waals surface area contributed by atoms with Gasteiger partial charge in [0.25, 0.3) is 0 Å². The molecule has 0 spiro atoms. The molecule has 0 radical (unpaired) electrons. The Morgan fingerprint density at radius 3 is 2.12 bits per heavy atom. The lowest BCUT2D eigenvalue weighted by Gasteiger charge is -2.30. The largest absolute Gasteiger partial charge is 0.378 e. The van der Waals surface area contributed by atoms with Crippen LogP contribution in [0.15, 0.2) is 78.0 Å². The van der Waals surface area contributed by atoms with E-state index in [2.05, 4.69) is 25.2 Å². The molecule has 2 amide bonds. The van der Waals surface area contributed by atoms with Crippen LogP contribution in [0.4, 0.5) is 27.7 Å². The van der Waals surface area contributed by atoms with Crippen LogP contribution in [0.3, 0.4) is 0 Å². The van der Waals surface area contributed by atoms with Crippen LogP contribution in [0.1, 0.15) is 0 Å². The molecule has 3 N–H and O–H groups in total. The smallest absolute Gasteiger partial charge is 0.323 e. The van der Waals surface area contributed by atoms with E-state index in [1.807, 2.05) is 30.5 Å². The Hall–Kier alpha value is -4.20. The van der Waals surface area contributed by atoms with Crippen LogP contribution in [0.2, 0.25) is 0 Å². The van der Waals surface area contributed by atoms with Gasteiger partial charge in [-0.2, -0.15) is 0 Å². The summed E-state index contributed by atoms with van der Waals surface area (Å²) >= 11 is 1.61. The number of carbonyl (C=O) groups excluding carboxylic acids is 1. The Morgan fingerprint density at radius 2 is 1.54 bits per heavy atom. The third-order valence-electron chi connectivity index (χ3n) is 6.14. The average Bonchev–Trinajstić information content (AvgIpc) is 2.98. The van der Waals surface area contributed by atoms with Crippen LogP contribution in [0.25, 0.3) is 22.6 Å². The molecule has 1 fully saturated rings. The van der Waals surface area contributed by atoms with Crippen molar-refractivity contribution in [2.24, 2.45) is 0 Å². The van der Waals surface area contributed by atoms with Crippen LogP contribution >= 0.6 is 11.8 Å². The number of morpholine rings is 1. The van der Waals surface area contributed by atoms with Gasteiger partial charge in [-0.25, -0.2) is 23.2 Å². The van der Waals surface area contributed by atoms with E-state index in [1.54, 1.807) is 60.6 Å². The molecule has 5 rings (SSSR count). The molecule has 212 valence electrons. The summed E-state index contributed by atoms with van der Waals surface area (Å²) in [6.45, 7) is 2.76. The highest BCUT2D eigenvalue weighted by atomic mass is 32.2. The summed E-state index contributed by atoms with van der Waals surface area (Å²) in [5.41, 5.74) is 4.03. The minimum atomic E-state index is -3.38. The quantitative estimate of drug-likeness (QED) is 0.247. The Bertz CT molecular complexity index is 1610. The predicted molar refractivity (Wildman–Crippen MR) is 163 cm³/mol. The molecule has 0 aliphatic carbocycles. The molecule has 0 unspecified atom stereocenters. The van der Waals surface area contributed by atoms with E-state index in [-0.39, 0.29) is 0 Å². The van der Waals surface area contributed by atoms with Crippen molar-refractivity contribution < 1.29 is 17.9 Å². The summed E-state index contributed by atoms with van der Waals surface area (Å²) in [6, 6.07) is 17.1. The minimum absolute atomic E-state index is 0.408. The number of pyridine rings is 1. The van der Waals surface area contributed by atoms with Gasteiger partial charge >= 0.3 is 6.03 Å². The van der Waals surface area contributed by atoms with Crippen molar-refractivity contribution in [1.82, 2.24) is 15.0 Å². The second-order valence-corrected chi connectivity index (χ2v) is 11.8. The molecule has 2 aromatic heterocycles. The highest BCUT2D eigenvalue weighted by Gasteiger charge is 2.22. The lowest BCUT2D eigenvalue weighted by molar-refractivity contribution is 0.122. The average molecular weight is 592 g/mol. The standard InChI is InChI=1S/C28H29N7O4S2/c1-40-25-24(20-4-3-13-29-18-20)32-26(33-27(25)35-14-16-39-17-15-35)19-5-7-21(8-6-19)30-28(36)31-22-9-11-23(12-10-22)34-41(2,37)38/h3-13,18,34H,14-17H2,1-2H3,(H2,30,31,36). The molecule has 1 saturated heterocycles. The third-order valence-corrected chi connectivity index (χ3v) is 7.54. The number of sulfonamides is 1. The fourth-order valence-corrected chi connectivity index (χ4v) is 5.55. The molecule has 11 nitrogen and oxygen atoms in total. The van der Waals surface area contributed by atoms with Gasteiger partial charge in [-0.05, 0) is 66.9 Å². The molecule has 1 aliphatic heterocycles. The monoisotopic (exact) mass is 591 g/mol. The molecule has 4 aromatic rings. The number of urea groups is 1. The molecule has 0 saturated carbocycles. The molecule has 0 bridgehead atoms. The zero-order valence-electron chi connectivity index (χ0n) is 22.5. The number of benzene rings is 2. The molecule has 3 heterocycles. The maximum atomic E-state index is 12.6. The number of nitrogens with one attached hydrogen (secondary N) is 3. The second-order valence-electron chi connectivity index (χ2n) is 9.20. The molecular formula is C28H29N7O4S2. The summed E-state index contributed by atoms with van der Waals surface area (Å²) in [4.78, 5) is 30.0. The maximum absolute atomic E-state index is 12.6. The zero-order valence-corrected chi connectivity index (χ0v) is 24.1. The van der Waals surface area contributed by atoms with Crippen LogP contribution < -0.4 is 20.3 Å². The number of anilines is 4. The predicted octanol–water partition coefficient (Wildman–Crippen LogP) is 4.78. The highest BCUT2D eigenvalue weighted by molar-refractivity contribution is 7.98. The number of carbonyl (C=O) groups is 1. The Kier molecular flexibility index (Phi) is 8.67. The van der Waals surface area contributed by atoms with Gasteiger partial charge in [-0.1, -0.05) is 0 Å². The van der Waals surface area contributed by atoms with Gasteiger partial charge in [0.1, 0.15) is 5.82 Å². The Labute approximate surface area is 242 Å². The number of nitrogens with zero attached hydrogens (tertiary/aromatic N) is 4. The van der Waals surface area contributed by atoms with E-state index in [0.29, 0.717) is 36.1 Å². The topological polar surface area (TPSA) is 138 Å². The number of thioether (sulfide) groups is 1. The van der Waals surface area contributed by atoms with Gasteiger partial charge in [0.05, 0.1) is 30.1 Å². The van der Waals surface area contributed by atoms with Gasteiger partial charge in [-0.15, -0.1) is 11.8 Å². The fourth-order valence-electron chi connectivity index (χ4n) is 4.28. The van der Waals surface area contributed by atoms with Crippen LogP contribution in [-0.2, 0) is 14.8 Å². The lowest BCUT2D eigenvalue weighted by atomic mass is 10.1. The van der Waals surface area contributed by atoms with Gasteiger partial charge in [0.2, 0.25) is 10.0 Å². The zero-order chi connectivity index (χ0) is 28.8. The summed E-state index contributed by atoms with van der Waals surface area (Å²) < 4.78 is 30.7. The number of ether oxygens (including phenoxy) is 1. The van der Waals surface area contributed by atoms with Crippen LogP contribution in [0.5, 0.6) is 0 Å². The lowest BCUT2D eigenvalue weighted by Crippen LogP contribution is -2.37. The summed E-state index contributed by atoms with van der Waals surface area (Å²) in [6.07, 6.45) is 6.64. The van der Waals surface area contributed by atoms with E-state index in [4.69, 9.17) is 14.7 Å². The summed E-state index contributed by atoms with van der Waals surface area (Å²) in [5, 5.41) is 5.54. The van der Waals surface area contributed by atoms with Crippen LogP contribution in [0, 0.1) is 0 Å². The Morgan fingerprint density at radius 1 is 0.902 bits per heavy atom. The number of hydrogen-bond acceptors (Lipinski definition) is 9. The van der Waals surface area contributed by atoms with E-state index < -0.39 is 16.1 Å². The van der Waals surface area contributed by atoms with Crippen molar-refractivity contribution in [1.29, 1.82) is 0 Å². The molecule has 13 heteroatoms. The SMILES string of the molecule is CSc1c(-c2cccnc2)nc(-c2ccc(NC(=O)Nc3ccc(NS(C)(=O)=O)cc3)cc2)nc1N1CCOCC1. The first-order chi connectivity index (χ1) is 19.8. The van der Waals surface area contributed by atoms with Crippen molar-refractivity contribution in [3.63, 3.8) is 0 Å². The minimum Gasteiger partial charge on any atom is -0.378 e. The molecule has 1 aliphatic rings. The van der Waals surface area contributed by atoms with E-state index in [1.165, 1.54) is 0 Å². The molecule has 0 atom stereocenters. The van der Waals surface area contributed by atoms with Gasteiger partial charge in [0.15, 0.2) is 5.82 Å². The summed E-state index contributed by atoms with van der Waals surface area (Å²) in [5.74, 6) is 1.44. The second kappa shape index (κ2) is 12.5. The number of rotatable bonds is 8. The van der Waals surface area contributed by atoms with Crippen molar-refractivity contribution in [2.45, 2.75) is 4.90 Å². The normalized spacial score (nSPS) is 13.5. The van der Waals surface area contributed by atoms with Crippen molar-refractivity contribution in [3.8, 4) is 22.6 Å². The first-order valence-electron chi connectivity index (χ1n) is 12.7. The van der Waals surface area contributed by atoms with Gasteiger partial charge in [-0.3, -0.25) is 9.71 Å². The van der Waals surface area contributed by atoms with Gasteiger partial charge in [0, 0.05) is 53.7 Å². The molecular weight excluding hydrogens is 562 g/mol. The first kappa shape index (κ1) is 28.3. The van der Waals surface area contributed by atoms with Gasteiger partial charge < -0.3 is 20.3 Å². The van der Waals surface area contributed by atoms with Crippen LogP contribution in [-0.4, -0.2) is 68.2 Å². The van der Waals surface area contributed by atoms with Crippen molar-refractivity contribution in [3.05, 3.63) is 73.1 Å². The van der Waals surface area contributed by atoms with E-state index in [0.717, 1.165) is 46.9 Å². The van der Waals surface area contributed by atoms with E-state index >= 15 is 0 Å². The molecule has 2 aromatic carbocycles. The number of aromatic nitrogens is 3. The Balaban J connectivity index is 1.36. The van der Waals surface area contributed by atoms with E-state index in [9.17, 15) is 13.2 Å². The maximum Gasteiger partial charge on any atom is 0.323 e. The first-order valence-corrected chi connectivity index (χ1v) is 15.9. The summed E-state index contributed by atoms with van der Waals surface area (Å²) in [7, 11) is -3.38. The van der Waals surface area contributed by atoms with Crippen molar-refractivity contribution >= 4 is 50.7 Å². The fraction of sp³-hybridized carbons (Fsp3) is 0.214. The third kappa shape index (κ3) is 7.31.